The van der Waals surface area contributed by atoms with Crippen LogP contribution >= 0.6 is 11.6 Å². The van der Waals surface area contributed by atoms with Crippen LogP contribution in [0.15, 0.2) is 24.3 Å². The van der Waals surface area contributed by atoms with Gasteiger partial charge in [-0.15, -0.1) is 11.6 Å². The molecule has 0 N–H and O–H groups in total. The molecule has 0 unspecified atom stereocenters. The number of carbonyl (C=O) groups excluding carboxylic acids is 1. The van der Waals surface area contributed by atoms with Gasteiger partial charge in [-0.05, 0) is 12.1 Å². The average molecular weight is 227 g/mol. The van der Waals surface area contributed by atoms with Crippen LogP contribution in [-0.4, -0.2) is 18.8 Å². The quantitative estimate of drug-likeness (QED) is 0.583. The molecule has 15 heavy (non-hydrogen) atoms. The maximum Gasteiger partial charge on any atom is 0.173 e. The third-order valence-corrected chi connectivity index (χ3v) is 2.97. The molecular formula is C12H15ClO2. The number of carbonyl (C=O) groups is 1. The zero-order valence-electron chi connectivity index (χ0n) is 9.21. The lowest BCUT2D eigenvalue weighted by molar-refractivity contribution is 0.0859. The fraction of sp³-hybridized carbons (Fsp3) is 0.417. The molecule has 0 aliphatic rings. The molecule has 0 amide bonds. The Kier molecular flexibility index (Phi) is 3.75. The Balaban J connectivity index is 3.11. The van der Waals surface area contributed by atoms with E-state index < -0.39 is 5.41 Å². The van der Waals surface area contributed by atoms with Crippen molar-refractivity contribution in [2.75, 3.05) is 13.0 Å². The van der Waals surface area contributed by atoms with Crippen molar-refractivity contribution >= 4 is 17.4 Å². The summed E-state index contributed by atoms with van der Waals surface area (Å²) in [6.45, 7) is 3.66. The number of rotatable bonds is 4. The summed E-state index contributed by atoms with van der Waals surface area (Å²) in [5.41, 5.74) is 0.0292. The molecule has 0 saturated heterocycles. The maximum atomic E-state index is 12.1. The number of hydrogen-bond acceptors (Lipinski definition) is 2. The van der Waals surface area contributed by atoms with Crippen molar-refractivity contribution in [3.05, 3.63) is 29.8 Å². The highest BCUT2D eigenvalue weighted by Gasteiger charge is 2.29. The number of alkyl halides is 1. The predicted molar refractivity (Wildman–Crippen MR) is 61.8 cm³/mol. The molecule has 0 fully saturated rings. The predicted octanol–water partition coefficient (Wildman–Crippen LogP) is 3.14. The van der Waals surface area contributed by atoms with Crippen molar-refractivity contribution in [3.63, 3.8) is 0 Å². The zero-order valence-corrected chi connectivity index (χ0v) is 9.97. The largest absolute Gasteiger partial charge is 0.496 e. The van der Waals surface area contributed by atoms with Crippen molar-refractivity contribution in [1.29, 1.82) is 0 Å². The van der Waals surface area contributed by atoms with Crippen LogP contribution in [0.25, 0.3) is 0 Å². The van der Waals surface area contributed by atoms with Gasteiger partial charge in [0.1, 0.15) is 5.75 Å². The normalized spacial score (nSPS) is 11.2. The molecule has 0 heterocycles. The lowest BCUT2D eigenvalue weighted by Gasteiger charge is -2.20. The molecule has 0 aliphatic carbocycles. The van der Waals surface area contributed by atoms with E-state index in [1.807, 2.05) is 26.0 Å². The highest BCUT2D eigenvalue weighted by molar-refractivity contribution is 6.21. The second kappa shape index (κ2) is 4.67. The minimum absolute atomic E-state index is 0.00921. The molecular weight excluding hydrogens is 212 g/mol. The molecule has 1 rings (SSSR count). The lowest BCUT2D eigenvalue weighted by Crippen LogP contribution is -2.26. The average Bonchev–Trinajstić information content (AvgIpc) is 2.28. The van der Waals surface area contributed by atoms with Crippen molar-refractivity contribution in [2.24, 2.45) is 5.41 Å². The van der Waals surface area contributed by atoms with E-state index in [1.165, 1.54) is 0 Å². The maximum absolute atomic E-state index is 12.1. The minimum atomic E-state index is -0.559. The fourth-order valence-electron chi connectivity index (χ4n) is 1.26. The summed E-state index contributed by atoms with van der Waals surface area (Å²) >= 11 is 5.77. The zero-order chi connectivity index (χ0) is 11.5. The molecule has 0 saturated carbocycles. The molecule has 0 aromatic heterocycles. The van der Waals surface area contributed by atoms with Gasteiger partial charge < -0.3 is 4.74 Å². The van der Waals surface area contributed by atoms with Crippen LogP contribution in [0.1, 0.15) is 24.2 Å². The minimum Gasteiger partial charge on any atom is -0.496 e. The van der Waals surface area contributed by atoms with Crippen molar-refractivity contribution in [1.82, 2.24) is 0 Å². The Morgan fingerprint density at radius 1 is 1.40 bits per heavy atom. The lowest BCUT2D eigenvalue weighted by atomic mass is 9.86. The molecule has 0 aliphatic heterocycles. The van der Waals surface area contributed by atoms with Crippen molar-refractivity contribution in [2.45, 2.75) is 13.8 Å². The monoisotopic (exact) mass is 226 g/mol. The van der Waals surface area contributed by atoms with Crippen LogP contribution in [0.5, 0.6) is 5.75 Å². The van der Waals surface area contributed by atoms with Crippen LogP contribution < -0.4 is 4.74 Å². The van der Waals surface area contributed by atoms with Gasteiger partial charge in [-0.1, -0.05) is 26.0 Å². The van der Waals surface area contributed by atoms with E-state index >= 15 is 0 Å². The Labute approximate surface area is 95.2 Å². The van der Waals surface area contributed by atoms with Gasteiger partial charge >= 0.3 is 0 Å². The molecule has 3 heteroatoms. The summed E-state index contributed by atoms with van der Waals surface area (Å²) in [4.78, 5) is 12.1. The van der Waals surface area contributed by atoms with Crippen LogP contribution in [0.2, 0.25) is 0 Å². The van der Waals surface area contributed by atoms with Crippen molar-refractivity contribution in [3.8, 4) is 5.75 Å². The topological polar surface area (TPSA) is 26.3 Å². The first kappa shape index (κ1) is 12.1. The van der Waals surface area contributed by atoms with Crippen LogP contribution in [0.3, 0.4) is 0 Å². The number of hydrogen-bond donors (Lipinski definition) is 0. The molecule has 82 valence electrons. The number of benzene rings is 1. The number of methoxy groups -OCH3 is 1. The Morgan fingerprint density at radius 2 is 2.00 bits per heavy atom. The first-order chi connectivity index (χ1) is 7.03. The fourth-order valence-corrected chi connectivity index (χ4v) is 1.38. The molecule has 0 spiro atoms. The van der Waals surface area contributed by atoms with E-state index in [0.717, 1.165) is 0 Å². The highest BCUT2D eigenvalue weighted by Crippen LogP contribution is 2.28. The highest BCUT2D eigenvalue weighted by atomic mass is 35.5. The van der Waals surface area contributed by atoms with Gasteiger partial charge in [0.25, 0.3) is 0 Å². The number of para-hydroxylation sites is 1. The summed E-state index contributed by atoms with van der Waals surface area (Å²) in [6.07, 6.45) is 0. The van der Waals surface area contributed by atoms with Crippen LogP contribution in [0, 0.1) is 5.41 Å². The van der Waals surface area contributed by atoms with Crippen molar-refractivity contribution < 1.29 is 9.53 Å². The van der Waals surface area contributed by atoms with Gasteiger partial charge in [-0.2, -0.15) is 0 Å². The van der Waals surface area contributed by atoms with E-state index in [9.17, 15) is 4.79 Å². The summed E-state index contributed by atoms with van der Waals surface area (Å²) in [7, 11) is 1.56. The summed E-state index contributed by atoms with van der Waals surface area (Å²) < 4.78 is 5.14. The Hall–Kier alpha value is -1.02. The van der Waals surface area contributed by atoms with E-state index in [4.69, 9.17) is 16.3 Å². The number of Topliss-reactive ketones (excluding diaryl/α,β-unsaturated/α-hetero) is 1. The molecule has 1 aromatic rings. The molecule has 2 nitrogen and oxygen atoms in total. The van der Waals surface area contributed by atoms with Gasteiger partial charge in [0.15, 0.2) is 5.78 Å². The van der Waals surface area contributed by atoms with Gasteiger partial charge in [-0.3, -0.25) is 4.79 Å². The van der Waals surface area contributed by atoms with Gasteiger partial charge in [0.2, 0.25) is 0 Å². The van der Waals surface area contributed by atoms with Crippen LogP contribution in [0.4, 0.5) is 0 Å². The first-order valence-electron chi connectivity index (χ1n) is 4.76. The molecule has 0 radical (unpaired) electrons. The third-order valence-electron chi connectivity index (χ3n) is 2.30. The van der Waals surface area contributed by atoms with Crippen LogP contribution in [-0.2, 0) is 0 Å². The molecule has 0 atom stereocenters. The number of halogens is 1. The second-order valence-corrected chi connectivity index (χ2v) is 4.31. The third kappa shape index (κ3) is 2.51. The van der Waals surface area contributed by atoms with Gasteiger partial charge in [0.05, 0.1) is 12.7 Å². The van der Waals surface area contributed by atoms with Gasteiger partial charge in [0, 0.05) is 11.3 Å². The summed E-state index contributed by atoms with van der Waals surface area (Å²) in [5.74, 6) is 0.903. The van der Waals surface area contributed by atoms with E-state index in [0.29, 0.717) is 17.2 Å². The summed E-state index contributed by atoms with van der Waals surface area (Å²) in [5, 5.41) is 0. The van der Waals surface area contributed by atoms with E-state index in [-0.39, 0.29) is 5.78 Å². The van der Waals surface area contributed by atoms with E-state index in [1.54, 1.807) is 19.2 Å². The SMILES string of the molecule is COc1ccccc1C(=O)C(C)(C)CCl. The standard InChI is InChI=1S/C12H15ClO2/c1-12(2,8-13)11(14)9-6-4-5-7-10(9)15-3/h4-7H,8H2,1-3H3. The smallest absolute Gasteiger partial charge is 0.173 e. The molecule has 1 aromatic carbocycles. The van der Waals surface area contributed by atoms with E-state index in [2.05, 4.69) is 0 Å². The number of ketones is 1. The second-order valence-electron chi connectivity index (χ2n) is 4.05. The Morgan fingerprint density at radius 3 is 2.53 bits per heavy atom. The Bertz CT molecular complexity index is 358. The van der Waals surface area contributed by atoms with Gasteiger partial charge in [-0.25, -0.2) is 0 Å². The molecule has 0 bridgehead atoms. The number of ether oxygens (including phenoxy) is 1. The summed E-state index contributed by atoms with van der Waals surface area (Å²) in [6, 6.07) is 7.19. The first-order valence-corrected chi connectivity index (χ1v) is 5.30.